The molecule has 0 spiro atoms. The van der Waals surface area contributed by atoms with Gasteiger partial charge in [-0.1, -0.05) is 30.3 Å². The molecule has 3 aromatic rings. The fourth-order valence-corrected chi connectivity index (χ4v) is 3.19. The molecule has 1 N–H and O–H groups in total. The molecule has 0 amide bonds. The molecule has 3 heteroatoms. The lowest BCUT2D eigenvalue weighted by molar-refractivity contribution is 0.774. The molecule has 2 heterocycles. The van der Waals surface area contributed by atoms with Crippen molar-refractivity contribution in [1.82, 2.24) is 14.8 Å². The second kappa shape index (κ2) is 4.37. The summed E-state index contributed by atoms with van der Waals surface area (Å²) in [4.78, 5) is 0. The average molecular weight is 263 g/mol. The molecule has 1 aromatic carbocycles. The number of aromatic nitrogens is 3. The first-order chi connectivity index (χ1) is 9.83. The van der Waals surface area contributed by atoms with Gasteiger partial charge in [-0.2, -0.15) is 5.10 Å². The topological polar surface area (TPSA) is 33.6 Å². The number of nitrogens with one attached hydrogen (secondary N) is 1. The third kappa shape index (κ3) is 1.70. The van der Waals surface area contributed by atoms with Gasteiger partial charge in [0.05, 0.1) is 11.9 Å². The van der Waals surface area contributed by atoms with Gasteiger partial charge in [-0.3, -0.25) is 5.10 Å². The molecule has 3 nitrogen and oxygen atoms in total. The first-order valence-corrected chi connectivity index (χ1v) is 7.08. The standard InChI is InChI=1S/C17H17N3/c1-12-16-15(8-7-14-9-18-19-17(14)16)11-20(12)10-13-5-3-2-4-6-13/h2-6,9,11H,7-8,10H2,1H3,(H,18,19). The Morgan fingerprint density at radius 3 is 2.80 bits per heavy atom. The average Bonchev–Trinajstić information content (AvgIpc) is 3.05. The summed E-state index contributed by atoms with van der Waals surface area (Å²) in [6.07, 6.45) is 6.48. The van der Waals surface area contributed by atoms with Gasteiger partial charge >= 0.3 is 0 Å². The quantitative estimate of drug-likeness (QED) is 0.756. The molecular weight excluding hydrogens is 246 g/mol. The predicted octanol–water partition coefficient (Wildman–Crippen LogP) is 3.33. The summed E-state index contributed by atoms with van der Waals surface area (Å²) in [5.74, 6) is 0. The molecule has 0 aliphatic heterocycles. The van der Waals surface area contributed by atoms with Crippen molar-refractivity contribution in [3.8, 4) is 11.3 Å². The van der Waals surface area contributed by atoms with Gasteiger partial charge in [-0.15, -0.1) is 0 Å². The second-order valence-corrected chi connectivity index (χ2v) is 5.50. The number of fused-ring (bicyclic) bond motifs is 3. The minimum absolute atomic E-state index is 0.934. The van der Waals surface area contributed by atoms with Crippen LogP contribution in [0.5, 0.6) is 0 Å². The van der Waals surface area contributed by atoms with E-state index < -0.39 is 0 Å². The predicted molar refractivity (Wildman–Crippen MR) is 79.7 cm³/mol. The highest BCUT2D eigenvalue weighted by Gasteiger charge is 2.22. The van der Waals surface area contributed by atoms with Crippen molar-refractivity contribution in [2.45, 2.75) is 26.3 Å². The van der Waals surface area contributed by atoms with Crippen LogP contribution in [0.3, 0.4) is 0 Å². The molecule has 0 saturated carbocycles. The van der Waals surface area contributed by atoms with Crippen LogP contribution in [0.2, 0.25) is 0 Å². The van der Waals surface area contributed by atoms with Gasteiger partial charge in [0.15, 0.2) is 0 Å². The van der Waals surface area contributed by atoms with Crippen LogP contribution in [0, 0.1) is 6.92 Å². The van der Waals surface area contributed by atoms with E-state index in [1.165, 1.54) is 33.6 Å². The molecule has 0 unspecified atom stereocenters. The Balaban J connectivity index is 1.78. The summed E-state index contributed by atoms with van der Waals surface area (Å²) in [5, 5.41) is 7.37. The SMILES string of the molecule is Cc1c2c(cn1Cc1ccccc1)CCc1cn[nH]c1-2. The largest absolute Gasteiger partial charge is 0.346 e. The van der Waals surface area contributed by atoms with Gasteiger partial charge in [0.1, 0.15) is 0 Å². The minimum atomic E-state index is 0.934. The van der Waals surface area contributed by atoms with Crippen LogP contribution in [0.1, 0.15) is 22.4 Å². The summed E-state index contributed by atoms with van der Waals surface area (Å²) in [6, 6.07) is 10.6. The maximum absolute atomic E-state index is 4.20. The van der Waals surface area contributed by atoms with Gasteiger partial charge in [0, 0.05) is 24.0 Å². The number of hydrogen-bond donors (Lipinski definition) is 1. The van der Waals surface area contributed by atoms with Crippen LogP contribution in [-0.4, -0.2) is 14.8 Å². The van der Waals surface area contributed by atoms with E-state index in [4.69, 9.17) is 0 Å². The number of H-pyrrole nitrogens is 1. The van der Waals surface area contributed by atoms with Gasteiger partial charge < -0.3 is 4.57 Å². The van der Waals surface area contributed by atoms with E-state index >= 15 is 0 Å². The molecule has 4 rings (SSSR count). The summed E-state index contributed by atoms with van der Waals surface area (Å²) in [5.41, 5.74) is 8.03. The van der Waals surface area contributed by atoms with Crippen molar-refractivity contribution in [2.75, 3.05) is 0 Å². The molecule has 100 valence electrons. The van der Waals surface area contributed by atoms with E-state index in [9.17, 15) is 0 Å². The molecule has 0 radical (unpaired) electrons. The molecule has 0 fully saturated rings. The van der Waals surface area contributed by atoms with E-state index in [2.05, 4.69) is 58.2 Å². The first-order valence-electron chi connectivity index (χ1n) is 7.08. The zero-order valence-corrected chi connectivity index (χ0v) is 11.6. The van der Waals surface area contributed by atoms with E-state index in [1.54, 1.807) is 0 Å². The lowest BCUT2D eigenvalue weighted by Gasteiger charge is -2.12. The maximum Gasteiger partial charge on any atom is 0.0703 e. The van der Waals surface area contributed by atoms with Gasteiger partial charge in [-0.25, -0.2) is 0 Å². The lowest BCUT2D eigenvalue weighted by Crippen LogP contribution is -2.01. The lowest BCUT2D eigenvalue weighted by atomic mass is 9.92. The van der Waals surface area contributed by atoms with Crippen molar-refractivity contribution < 1.29 is 0 Å². The third-order valence-electron chi connectivity index (χ3n) is 4.25. The van der Waals surface area contributed by atoms with E-state index in [1.807, 2.05) is 6.20 Å². The summed E-state index contributed by atoms with van der Waals surface area (Å²) < 4.78 is 2.36. The Bertz CT molecular complexity index is 750. The Kier molecular flexibility index (Phi) is 2.52. The van der Waals surface area contributed by atoms with Gasteiger partial charge in [-0.05, 0) is 36.5 Å². The summed E-state index contributed by atoms with van der Waals surface area (Å²) >= 11 is 0. The highest BCUT2D eigenvalue weighted by atomic mass is 15.1. The summed E-state index contributed by atoms with van der Waals surface area (Å²) in [7, 11) is 0. The van der Waals surface area contributed by atoms with Crippen LogP contribution in [-0.2, 0) is 19.4 Å². The minimum Gasteiger partial charge on any atom is -0.346 e. The van der Waals surface area contributed by atoms with Gasteiger partial charge in [0.2, 0.25) is 0 Å². The Morgan fingerprint density at radius 1 is 1.15 bits per heavy atom. The molecule has 20 heavy (non-hydrogen) atoms. The zero-order valence-electron chi connectivity index (χ0n) is 11.6. The Labute approximate surface area is 118 Å². The van der Waals surface area contributed by atoms with Crippen molar-refractivity contribution >= 4 is 0 Å². The highest BCUT2D eigenvalue weighted by Crippen LogP contribution is 2.35. The molecule has 1 aliphatic carbocycles. The molecule has 0 atom stereocenters. The summed E-state index contributed by atoms with van der Waals surface area (Å²) in [6.45, 7) is 3.14. The Hall–Kier alpha value is -2.29. The normalized spacial score (nSPS) is 13.1. The van der Waals surface area contributed by atoms with Crippen molar-refractivity contribution in [1.29, 1.82) is 0 Å². The zero-order chi connectivity index (χ0) is 13.5. The van der Waals surface area contributed by atoms with E-state index in [0.717, 1.165) is 19.4 Å². The maximum atomic E-state index is 4.20. The molecular formula is C17H17N3. The Morgan fingerprint density at radius 2 is 1.95 bits per heavy atom. The molecule has 1 aliphatic rings. The fraction of sp³-hybridized carbons (Fsp3) is 0.235. The number of nitrogens with zero attached hydrogens (tertiary/aromatic N) is 2. The van der Waals surface area contributed by atoms with Crippen molar-refractivity contribution in [3.63, 3.8) is 0 Å². The monoisotopic (exact) mass is 263 g/mol. The van der Waals surface area contributed by atoms with Crippen LogP contribution in [0.15, 0.2) is 42.7 Å². The van der Waals surface area contributed by atoms with Crippen molar-refractivity contribution in [3.05, 3.63) is 65.1 Å². The van der Waals surface area contributed by atoms with Crippen LogP contribution >= 0.6 is 0 Å². The molecule has 0 saturated heterocycles. The third-order valence-corrected chi connectivity index (χ3v) is 4.25. The number of benzene rings is 1. The van der Waals surface area contributed by atoms with Crippen LogP contribution in [0.4, 0.5) is 0 Å². The van der Waals surface area contributed by atoms with Crippen molar-refractivity contribution in [2.24, 2.45) is 0 Å². The number of rotatable bonds is 2. The number of hydrogen-bond acceptors (Lipinski definition) is 1. The van der Waals surface area contributed by atoms with Gasteiger partial charge in [0.25, 0.3) is 0 Å². The smallest absolute Gasteiger partial charge is 0.0703 e. The fourth-order valence-electron chi connectivity index (χ4n) is 3.19. The van der Waals surface area contributed by atoms with Crippen LogP contribution in [0.25, 0.3) is 11.3 Å². The highest BCUT2D eigenvalue weighted by molar-refractivity contribution is 5.72. The second-order valence-electron chi connectivity index (χ2n) is 5.50. The molecule has 0 bridgehead atoms. The van der Waals surface area contributed by atoms with E-state index in [0.29, 0.717) is 0 Å². The van der Waals surface area contributed by atoms with E-state index in [-0.39, 0.29) is 0 Å². The first kappa shape index (κ1) is 11.5. The number of aromatic amines is 1. The molecule has 2 aromatic heterocycles. The number of aryl methyl sites for hydroxylation is 2. The van der Waals surface area contributed by atoms with Crippen LogP contribution < -0.4 is 0 Å².